The Hall–Kier alpha value is -3.03. The molecule has 0 aliphatic heterocycles. The molecule has 34 heavy (non-hydrogen) atoms. The lowest BCUT2D eigenvalue weighted by Crippen LogP contribution is -2.41. The zero-order valence-corrected chi connectivity index (χ0v) is 20.7. The van der Waals surface area contributed by atoms with Crippen LogP contribution in [0.1, 0.15) is 25.3 Å². The van der Waals surface area contributed by atoms with E-state index in [1.54, 1.807) is 36.4 Å². The van der Waals surface area contributed by atoms with Crippen molar-refractivity contribution in [3.05, 3.63) is 89.4 Å². The summed E-state index contributed by atoms with van der Waals surface area (Å²) in [5.41, 5.74) is 1.41. The maximum absolute atomic E-state index is 13.3. The Bertz CT molecular complexity index is 1190. The van der Waals surface area contributed by atoms with Crippen molar-refractivity contribution in [3.8, 4) is 5.75 Å². The van der Waals surface area contributed by atoms with Gasteiger partial charge in [0.05, 0.1) is 17.2 Å². The van der Waals surface area contributed by atoms with Crippen molar-refractivity contribution in [2.75, 3.05) is 24.0 Å². The molecule has 0 aromatic heterocycles. The maximum atomic E-state index is 13.3. The van der Waals surface area contributed by atoms with Crippen molar-refractivity contribution in [1.82, 2.24) is 5.32 Å². The molecule has 0 unspecified atom stereocenters. The van der Waals surface area contributed by atoms with E-state index in [1.165, 1.54) is 18.2 Å². The number of amides is 1. The Morgan fingerprint density at radius 2 is 1.74 bits per heavy atom. The Morgan fingerprint density at radius 3 is 2.47 bits per heavy atom. The average molecular weight is 501 g/mol. The third-order valence-corrected chi connectivity index (χ3v) is 7.12. The fourth-order valence-electron chi connectivity index (χ4n) is 3.42. The molecule has 0 spiro atoms. The van der Waals surface area contributed by atoms with E-state index in [0.717, 1.165) is 28.5 Å². The normalized spacial score (nSPS) is 11.1. The number of hydrogen-bond donors (Lipinski definition) is 1. The number of carbonyl (C=O) groups excluding carboxylic acids is 1. The average Bonchev–Trinajstić information content (AvgIpc) is 2.85. The van der Waals surface area contributed by atoms with E-state index >= 15 is 0 Å². The number of carbonyl (C=O) groups is 1. The first-order valence-corrected chi connectivity index (χ1v) is 13.0. The molecule has 0 atom stereocenters. The first-order chi connectivity index (χ1) is 16.4. The van der Waals surface area contributed by atoms with E-state index in [1.807, 2.05) is 24.3 Å². The van der Waals surface area contributed by atoms with Gasteiger partial charge in [-0.05, 0) is 61.2 Å². The minimum atomic E-state index is -3.96. The summed E-state index contributed by atoms with van der Waals surface area (Å²) in [6, 6.07) is 22.3. The minimum absolute atomic E-state index is 0.103. The third-order valence-electron chi connectivity index (χ3n) is 5.09. The number of hydrogen-bond acceptors (Lipinski definition) is 4. The molecular weight excluding hydrogens is 472 g/mol. The topological polar surface area (TPSA) is 75.7 Å². The summed E-state index contributed by atoms with van der Waals surface area (Å²) in [7, 11) is -3.96. The molecule has 6 nitrogen and oxygen atoms in total. The monoisotopic (exact) mass is 500 g/mol. The van der Waals surface area contributed by atoms with Gasteiger partial charge in [-0.3, -0.25) is 9.10 Å². The van der Waals surface area contributed by atoms with Crippen LogP contribution >= 0.6 is 11.6 Å². The van der Waals surface area contributed by atoms with Crippen LogP contribution in [0.5, 0.6) is 5.75 Å². The Labute approximate surface area is 206 Å². The molecule has 3 aromatic carbocycles. The largest absolute Gasteiger partial charge is 0.493 e. The number of anilines is 1. The van der Waals surface area contributed by atoms with E-state index in [4.69, 9.17) is 16.3 Å². The summed E-state index contributed by atoms with van der Waals surface area (Å²) in [6.07, 6.45) is 2.36. The lowest BCUT2D eigenvalue weighted by Gasteiger charge is -2.24. The first-order valence-electron chi connectivity index (χ1n) is 11.2. The number of sulfonamides is 1. The zero-order chi connectivity index (χ0) is 24.4. The summed E-state index contributed by atoms with van der Waals surface area (Å²) < 4.78 is 33.5. The fourth-order valence-corrected chi connectivity index (χ4v) is 5.04. The molecule has 0 heterocycles. The van der Waals surface area contributed by atoms with Gasteiger partial charge in [-0.25, -0.2) is 8.42 Å². The molecule has 8 heteroatoms. The molecule has 1 N–H and O–H groups in total. The van der Waals surface area contributed by atoms with Gasteiger partial charge in [0.25, 0.3) is 10.0 Å². The van der Waals surface area contributed by atoms with Crippen LogP contribution in [0.4, 0.5) is 5.69 Å². The van der Waals surface area contributed by atoms with E-state index < -0.39 is 15.9 Å². The smallest absolute Gasteiger partial charge is 0.264 e. The van der Waals surface area contributed by atoms with E-state index in [2.05, 4.69) is 12.2 Å². The summed E-state index contributed by atoms with van der Waals surface area (Å²) in [4.78, 5) is 12.8. The predicted octanol–water partition coefficient (Wildman–Crippen LogP) is 5.07. The molecule has 180 valence electrons. The Kier molecular flexibility index (Phi) is 9.36. The van der Waals surface area contributed by atoms with E-state index in [-0.39, 0.29) is 11.4 Å². The molecule has 0 aliphatic rings. The van der Waals surface area contributed by atoms with Gasteiger partial charge in [-0.15, -0.1) is 0 Å². The molecule has 3 aromatic rings. The number of aryl methyl sites for hydroxylation is 1. The van der Waals surface area contributed by atoms with Crippen molar-refractivity contribution in [2.24, 2.45) is 0 Å². The van der Waals surface area contributed by atoms with Crippen molar-refractivity contribution in [2.45, 2.75) is 31.1 Å². The van der Waals surface area contributed by atoms with Crippen LogP contribution in [0, 0.1) is 0 Å². The van der Waals surface area contributed by atoms with Crippen LogP contribution in [-0.2, 0) is 21.2 Å². The van der Waals surface area contributed by atoms with Crippen molar-refractivity contribution >= 4 is 33.2 Å². The second-order valence-corrected chi connectivity index (χ2v) is 10.0. The van der Waals surface area contributed by atoms with Crippen molar-refractivity contribution < 1.29 is 17.9 Å². The van der Waals surface area contributed by atoms with Gasteiger partial charge in [0.15, 0.2) is 0 Å². The highest BCUT2D eigenvalue weighted by molar-refractivity contribution is 7.92. The van der Waals surface area contributed by atoms with E-state index in [9.17, 15) is 13.2 Å². The van der Waals surface area contributed by atoms with Gasteiger partial charge < -0.3 is 10.1 Å². The van der Waals surface area contributed by atoms with Crippen LogP contribution in [0.2, 0.25) is 5.02 Å². The second kappa shape index (κ2) is 12.4. The number of rotatable bonds is 12. The van der Waals surface area contributed by atoms with Gasteiger partial charge in [-0.1, -0.05) is 61.0 Å². The maximum Gasteiger partial charge on any atom is 0.264 e. The van der Waals surface area contributed by atoms with Crippen molar-refractivity contribution in [1.29, 1.82) is 0 Å². The molecular formula is C26H29ClN2O4S. The molecule has 0 bridgehead atoms. The van der Waals surface area contributed by atoms with Gasteiger partial charge in [0.1, 0.15) is 12.3 Å². The van der Waals surface area contributed by atoms with Gasteiger partial charge in [0.2, 0.25) is 5.91 Å². The lowest BCUT2D eigenvalue weighted by molar-refractivity contribution is -0.119. The van der Waals surface area contributed by atoms with Gasteiger partial charge in [-0.2, -0.15) is 0 Å². The Balaban J connectivity index is 1.65. The second-order valence-electron chi connectivity index (χ2n) is 7.71. The van der Waals surface area contributed by atoms with Crippen LogP contribution in [-0.4, -0.2) is 34.0 Å². The molecule has 0 fully saturated rings. The molecule has 0 saturated heterocycles. The quantitative estimate of drug-likeness (QED) is 0.352. The summed E-state index contributed by atoms with van der Waals surface area (Å²) in [5, 5.41) is 3.22. The molecule has 3 rings (SSSR count). The molecule has 1 amide bonds. The highest BCUT2D eigenvalue weighted by Crippen LogP contribution is 2.26. The number of nitrogens with one attached hydrogen (secondary N) is 1. The van der Waals surface area contributed by atoms with Gasteiger partial charge in [0, 0.05) is 11.6 Å². The van der Waals surface area contributed by atoms with Crippen LogP contribution in [0.3, 0.4) is 0 Å². The van der Waals surface area contributed by atoms with Crippen LogP contribution in [0.15, 0.2) is 83.8 Å². The third kappa shape index (κ3) is 6.98. The molecule has 0 radical (unpaired) electrons. The zero-order valence-electron chi connectivity index (χ0n) is 19.1. The number of ether oxygens (including phenoxy) is 1. The van der Waals surface area contributed by atoms with Gasteiger partial charge >= 0.3 is 0 Å². The molecule has 0 aliphatic carbocycles. The van der Waals surface area contributed by atoms with E-state index in [0.29, 0.717) is 30.3 Å². The summed E-state index contributed by atoms with van der Waals surface area (Å²) in [5.74, 6) is 0.465. The highest BCUT2D eigenvalue weighted by atomic mass is 35.5. The minimum Gasteiger partial charge on any atom is -0.493 e. The number of halogens is 1. The number of para-hydroxylation sites is 1. The summed E-state index contributed by atoms with van der Waals surface area (Å²) in [6.45, 7) is 2.77. The SMILES string of the molecule is CCCOc1ccccc1CCCNC(=O)CN(c1cccc(Cl)c1)S(=O)(=O)c1ccccc1. The predicted molar refractivity (Wildman–Crippen MR) is 136 cm³/mol. The lowest BCUT2D eigenvalue weighted by atomic mass is 10.1. The fraction of sp³-hybridized carbons (Fsp3) is 0.269. The van der Waals surface area contributed by atoms with Crippen LogP contribution < -0.4 is 14.4 Å². The standard InChI is InChI=1S/C26H29ClN2O4S/c1-2-18-33-25-16-7-6-10-21(25)11-9-17-28-26(30)20-29(23-13-8-12-22(27)19-23)34(31,32)24-14-4-3-5-15-24/h3-8,10,12-16,19H,2,9,11,17-18,20H2,1H3,(H,28,30). The van der Waals surface area contributed by atoms with Crippen LogP contribution in [0.25, 0.3) is 0 Å². The number of nitrogens with zero attached hydrogens (tertiary/aromatic N) is 1. The highest BCUT2D eigenvalue weighted by Gasteiger charge is 2.27. The van der Waals surface area contributed by atoms with Crippen molar-refractivity contribution in [3.63, 3.8) is 0 Å². The Morgan fingerprint density at radius 1 is 1.00 bits per heavy atom. The number of benzene rings is 3. The molecule has 0 saturated carbocycles. The first kappa shape index (κ1) is 25.6. The summed E-state index contributed by atoms with van der Waals surface area (Å²) >= 11 is 6.09.